The van der Waals surface area contributed by atoms with E-state index in [0.29, 0.717) is 23.7 Å². The van der Waals surface area contributed by atoms with Crippen LogP contribution in [0, 0.1) is 11.8 Å². The maximum atomic E-state index is 13.4. The fourth-order valence-corrected chi connectivity index (χ4v) is 4.76. The number of hydrogen-bond donors (Lipinski definition) is 0. The van der Waals surface area contributed by atoms with Gasteiger partial charge in [0.15, 0.2) is 0 Å². The average Bonchev–Trinajstić information content (AvgIpc) is 3.23. The molecule has 1 aliphatic carbocycles. The summed E-state index contributed by atoms with van der Waals surface area (Å²) < 4.78 is 0. The Morgan fingerprint density at radius 1 is 0.964 bits per heavy atom. The summed E-state index contributed by atoms with van der Waals surface area (Å²) in [6, 6.07) is 18.8. The van der Waals surface area contributed by atoms with Crippen molar-refractivity contribution in [2.24, 2.45) is 16.8 Å². The lowest BCUT2D eigenvalue weighted by Crippen LogP contribution is -2.44. The van der Waals surface area contributed by atoms with Crippen LogP contribution in [0.2, 0.25) is 0 Å². The van der Waals surface area contributed by atoms with Gasteiger partial charge in [-0.25, -0.2) is 9.89 Å². The molecule has 2 aromatic carbocycles. The number of carbonyl (C=O) groups is 2. The van der Waals surface area contributed by atoms with E-state index in [1.54, 1.807) is 18.5 Å². The first-order valence-corrected chi connectivity index (χ1v) is 9.68. The zero-order valence-corrected chi connectivity index (χ0v) is 15.8. The van der Waals surface area contributed by atoms with Crippen molar-refractivity contribution < 1.29 is 9.59 Å². The van der Waals surface area contributed by atoms with Crippen molar-refractivity contribution in [1.29, 1.82) is 0 Å². The summed E-state index contributed by atoms with van der Waals surface area (Å²) in [5.41, 5.74) is 2.44. The highest BCUT2D eigenvalue weighted by Crippen LogP contribution is 2.47. The Morgan fingerprint density at radius 2 is 1.64 bits per heavy atom. The first-order valence-electron chi connectivity index (χ1n) is 9.30. The minimum Gasteiger partial charge on any atom is -0.349 e. The van der Waals surface area contributed by atoms with Gasteiger partial charge in [-0.15, -0.1) is 0 Å². The number of benzene rings is 2. The van der Waals surface area contributed by atoms with Crippen molar-refractivity contribution in [1.82, 2.24) is 4.90 Å². The monoisotopic (exact) mass is 391 g/mol. The largest absolute Gasteiger partial charge is 0.349 e. The number of imide groups is 1. The number of para-hydroxylation sites is 1. The number of hydrogen-bond acceptors (Lipinski definition) is 4. The van der Waals surface area contributed by atoms with Crippen LogP contribution < -0.4 is 4.90 Å². The van der Waals surface area contributed by atoms with Crippen LogP contribution in [0.1, 0.15) is 12.0 Å². The first kappa shape index (κ1) is 17.2. The van der Waals surface area contributed by atoms with Crippen molar-refractivity contribution in [3.05, 3.63) is 77.0 Å². The number of aliphatic imine (C=N–C) groups is 1. The van der Waals surface area contributed by atoms with E-state index in [-0.39, 0.29) is 17.9 Å². The van der Waals surface area contributed by atoms with Crippen LogP contribution in [0.4, 0.5) is 5.69 Å². The molecular formula is C22H18ClN3O2. The van der Waals surface area contributed by atoms with Crippen molar-refractivity contribution in [3.63, 3.8) is 0 Å². The third kappa shape index (κ3) is 2.58. The lowest BCUT2D eigenvalue weighted by Gasteiger charge is -2.34. The summed E-state index contributed by atoms with van der Waals surface area (Å²) in [6.45, 7) is 0.610. The van der Waals surface area contributed by atoms with Crippen LogP contribution in [0.25, 0.3) is 0 Å². The van der Waals surface area contributed by atoms with Crippen molar-refractivity contribution >= 4 is 35.4 Å². The highest BCUT2D eigenvalue weighted by molar-refractivity contribution is 6.31. The molecule has 5 nitrogen and oxygen atoms in total. The third-order valence-electron chi connectivity index (χ3n) is 5.70. The molecule has 0 bridgehead atoms. The Kier molecular flexibility index (Phi) is 4.05. The Morgan fingerprint density at radius 3 is 2.36 bits per heavy atom. The molecule has 2 aliphatic heterocycles. The second kappa shape index (κ2) is 6.60. The van der Waals surface area contributed by atoms with Crippen LogP contribution in [0.3, 0.4) is 0 Å². The second-order valence-corrected chi connectivity index (χ2v) is 7.78. The Hall–Kier alpha value is -2.92. The molecular weight excluding hydrogens is 374 g/mol. The number of fused-ring (bicyclic) bond motifs is 3. The van der Waals surface area contributed by atoms with Gasteiger partial charge in [-0.1, -0.05) is 60.1 Å². The maximum Gasteiger partial charge on any atom is 0.240 e. The van der Waals surface area contributed by atoms with Gasteiger partial charge < -0.3 is 4.90 Å². The molecule has 3 unspecified atom stereocenters. The van der Waals surface area contributed by atoms with E-state index in [9.17, 15) is 9.59 Å². The predicted molar refractivity (Wildman–Crippen MR) is 108 cm³/mol. The van der Waals surface area contributed by atoms with Gasteiger partial charge >= 0.3 is 0 Å². The van der Waals surface area contributed by atoms with E-state index in [1.807, 2.05) is 53.4 Å². The highest BCUT2D eigenvalue weighted by atomic mass is 35.5. The molecule has 3 aliphatic rings. The highest BCUT2D eigenvalue weighted by Gasteiger charge is 2.57. The van der Waals surface area contributed by atoms with Gasteiger partial charge in [0, 0.05) is 11.6 Å². The number of rotatable bonds is 3. The van der Waals surface area contributed by atoms with E-state index in [0.717, 1.165) is 11.3 Å². The Bertz CT molecular complexity index is 1000. The SMILES string of the molecule is O=C1C2CC(Cl)=C3N=CN(Cc4ccccc4)C3C2C(=O)N1c1ccccc1. The smallest absolute Gasteiger partial charge is 0.240 e. The Balaban J connectivity index is 1.51. The molecule has 140 valence electrons. The van der Waals surface area contributed by atoms with E-state index in [4.69, 9.17) is 11.6 Å². The first-order chi connectivity index (χ1) is 13.6. The number of nitrogens with zero attached hydrogens (tertiary/aromatic N) is 3. The van der Waals surface area contributed by atoms with Gasteiger partial charge in [0.1, 0.15) is 0 Å². The van der Waals surface area contributed by atoms with E-state index >= 15 is 0 Å². The predicted octanol–water partition coefficient (Wildman–Crippen LogP) is 3.56. The Labute approximate surface area is 167 Å². The quantitative estimate of drug-likeness (QED) is 0.752. The molecule has 6 heteroatoms. The summed E-state index contributed by atoms with van der Waals surface area (Å²) in [5, 5.41) is 0.578. The van der Waals surface area contributed by atoms with Gasteiger partial charge in [-0.3, -0.25) is 9.59 Å². The molecule has 2 amide bonds. The molecule has 0 aromatic heterocycles. The third-order valence-corrected chi connectivity index (χ3v) is 6.05. The number of anilines is 1. The summed E-state index contributed by atoms with van der Waals surface area (Å²) in [5.74, 6) is -1.27. The molecule has 28 heavy (non-hydrogen) atoms. The van der Waals surface area contributed by atoms with Crippen LogP contribution >= 0.6 is 11.6 Å². The number of amides is 2. The van der Waals surface area contributed by atoms with Crippen molar-refractivity contribution in [2.75, 3.05) is 4.90 Å². The molecule has 5 rings (SSSR count). The summed E-state index contributed by atoms with van der Waals surface area (Å²) in [7, 11) is 0. The zero-order chi connectivity index (χ0) is 19.3. The fourth-order valence-electron chi connectivity index (χ4n) is 4.43. The lowest BCUT2D eigenvalue weighted by molar-refractivity contribution is -0.122. The maximum absolute atomic E-state index is 13.4. The average molecular weight is 392 g/mol. The van der Waals surface area contributed by atoms with Crippen molar-refractivity contribution in [3.8, 4) is 0 Å². The number of carbonyl (C=O) groups excluding carboxylic acids is 2. The van der Waals surface area contributed by atoms with E-state index in [1.165, 1.54) is 4.90 Å². The van der Waals surface area contributed by atoms with Crippen LogP contribution in [0.5, 0.6) is 0 Å². The van der Waals surface area contributed by atoms with Gasteiger partial charge in [-0.2, -0.15) is 0 Å². The molecule has 2 heterocycles. The summed E-state index contributed by atoms with van der Waals surface area (Å²) >= 11 is 6.52. The molecule has 0 saturated carbocycles. The second-order valence-electron chi connectivity index (χ2n) is 7.32. The molecule has 0 radical (unpaired) electrons. The molecule has 0 spiro atoms. The minimum absolute atomic E-state index is 0.170. The normalized spacial score (nSPS) is 26.1. The molecule has 0 N–H and O–H groups in total. The van der Waals surface area contributed by atoms with Gasteiger partial charge in [0.2, 0.25) is 11.8 Å². The van der Waals surface area contributed by atoms with Crippen LogP contribution in [0.15, 0.2) is 76.4 Å². The molecule has 2 aromatic rings. The summed E-state index contributed by atoms with van der Waals surface area (Å²) in [6.07, 6.45) is 2.11. The van der Waals surface area contributed by atoms with Gasteiger partial charge in [0.05, 0.1) is 35.6 Å². The zero-order valence-electron chi connectivity index (χ0n) is 15.0. The lowest BCUT2D eigenvalue weighted by atomic mass is 9.79. The van der Waals surface area contributed by atoms with E-state index in [2.05, 4.69) is 4.99 Å². The van der Waals surface area contributed by atoms with Crippen molar-refractivity contribution in [2.45, 2.75) is 19.0 Å². The molecule has 1 saturated heterocycles. The van der Waals surface area contributed by atoms with Gasteiger partial charge in [-0.05, 0) is 24.1 Å². The summed E-state index contributed by atoms with van der Waals surface area (Å²) in [4.78, 5) is 34.3. The molecule has 1 fully saturated rings. The number of halogens is 1. The van der Waals surface area contributed by atoms with E-state index < -0.39 is 11.8 Å². The fraction of sp³-hybridized carbons (Fsp3) is 0.227. The number of allylic oxidation sites excluding steroid dienone is 1. The van der Waals surface area contributed by atoms with Crippen LogP contribution in [-0.4, -0.2) is 29.1 Å². The van der Waals surface area contributed by atoms with Crippen LogP contribution in [-0.2, 0) is 16.1 Å². The molecule has 3 atom stereocenters. The standard InChI is InChI=1S/C22H18ClN3O2/c23-17-11-16-18(22(28)26(21(16)27)15-9-5-2-6-10-15)20-19(17)24-13-25(20)12-14-7-3-1-4-8-14/h1-10,13,16,18,20H,11-12H2. The topological polar surface area (TPSA) is 53.0 Å². The van der Waals surface area contributed by atoms with Gasteiger partial charge in [0.25, 0.3) is 0 Å². The minimum atomic E-state index is -0.476.